The molecule has 0 aromatic carbocycles. The number of fused-ring (bicyclic) bond motifs is 1. The third-order valence-electron chi connectivity index (χ3n) is 3.64. The van der Waals surface area contributed by atoms with E-state index in [9.17, 15) is 0 Å². The first-order valence-corrected chi connectivity index (χ1v) is 7.38. The van der Waals surface area contributed by atoms with Crippen molar-refractivity contribution in [3.05, 3.63) is 10.9 Å². The van der Waals surface area contributed by atoms with Crippen LogP contribution in [0.3, 0.4) is 0 Å². The Morgan fingerprint density at radius 2 is 2.37 bits per heavy atom. The van der Waals surface area contributed by atoms with Gasteiger partial charge in [0.1, 0.15) is 10.6 Å². The Balaban J connectivity index is 1.96. The number of nitrogens with two attached hydrogens (primary N) is 1. The van der Waals surface area contributed by atoms with Crippen LogP contribution in [0.15, 0.2) is 6.07 Å². The lowest BCUT2D eigenvalue weighted by atomic mass is 10.1. The molecule has 0 radical (unpaired) electrons. The summed E-state index contributed by atoms with van der Waals surface area (Å²) >= 11 is 1.65. The van der Waals surface area contributed by atoms with Crippen LogP contribution in [0.25, 0.3) is 10.2 Å². The molecule has 2 aromatic rings. The highest BCUT2D eigenvalue weighted by atomic mass is 32.1. The molecule has 6 heteroatoms. The summed E-state index contributed by atoms with van der Waals surface area (Å²) in [6.07, 6.45) is 1.97. The molecule has 1 aliphatic rings. The third kappa shape index (κ3) is 2.37. The van der Waals surface area contributed by atoms with Crippen LogP contribution in [0.1, 0.15) is 17.7 Å². The Morgan fingerprint density at radius 3 is 3.16 bits per heavy atom. The van der Waals surface area contributed by atoms with E-state index < -0.39 is 0 Å². The van der Waals surface area contributed by atoms with Crippen molar-refractivity contribution in [1.29, 1.82) is 0 Å². The van der Waals surface area contributed by atoms with Crippen LogP contribution in [-0.4, -0.2) is 34.8 Å². The molecule has 1 fully saturated rings. The van der Waals surface area contributed by atoms with E-state index in [0.717, 1.165) is 42.0 Å². The average molecular weight is 278 g/mol. The van der Waals surface area contributed by atoms with E-state index in [0.29, 0.717) is 11.9 Å². The molecule has 0 bridgehead atoms. The molecule has 3 rings (SSSR count). The van der Waals surface area contributed by atoms with Gasteiger partial charge in [0.15, 0.2) is 0 Å². The summed E-state index contributed by atoms with van der Waals surface area (Å²) in [7, 11) is 0. The van der Waals surface area contributed by atoms with Gasteiger partial charge >= 0.3 is 0 Å². The van der Waals surface area contributed by atoms with Crippen molar-refractivity contribution in [2.24, 2.45) is 5.92 Å². The number of rotatable bonds is 3. The fraction of sp³-hybridized carbons (Fsp3) is 0.538. The Kier molecular flexibility index (Phi) is 3.28. The predicted molar refractivity (Wildman–Crippen MR) is 78.6 cm³/mol. The summed E-state index contributed by atoms with van der Waals surface area (Å²) in [6.45, 7) is 4.26. The molecule has 1 atom stereocenters. The van der Waals surface area contributed by atoms with Crippen molar-refractivity contribution in [2.75, 3.05) is 30.3 Å². The van der Waals surface area contributed by atoms with Crippen LogP contribution >= 0.6 is 11.3 Å². The van der Waals surface area contributed by atoms with Gasteiger partial charge in [0, 0.05) is 24.6 Å². The second-order valence-electron chi connectivity index (χ2n) is 5.09. The first-order chi connectivity index (χ1) is 9.17. The summed E-state index contributed by atoms with van der Waals surface area (Å²) in [6, 6.07) is 2.13. The number of hydrogen-bond donors (Lipinski definition) is 2. The number of anilines is 2. The Bertz CT molecular complexity index is 598. The zero-order valence-corrected chi connectivity index (χ0v) is 11.8. The van der Waals surface area contributed by atoms with E-state index in [1.807, 2.05) is 0 Å². The molecule has 1 aliphatic heterocycles. The molecule has 3 heterocycles. The quantitative estimate of drug-likeness (QED) is 0.895. The molecule has 0 spiro atoms. The highest BCUT2D eigenvalue weighted by Crippen LogP contribution is 2.34. The smallest absolute Gasteiger partial charge is 0.223 e. The van der Waals surface area contributed by atoms with Gasteiger partial charge in [-0.25, -0.2) is 4.98 Å². The highest BCUT2D eigenvalue weighted by Gasteiger charge is 2.25. The second-order valence-corrected chi connectivity index (χ2v) is 6.33. The van der Waals surface area contributed by atoms with Gasteiger partial charge in [-0.15, -0.1) is 11.3 Å². The minimum Gasteiger partial charge on any atom is -0.396 e. The van der Waals surface area contributed by atoms with E-state index in [-0.39, 0.29) is 6.61 Å². The van der Waals surface area contributed by atoms with E-state index >= 15 is 0 Å². The molecular weight excluding hydrogens is 260 g/mol. The topological polar surface area (TPSA) is 75.3 Å². The predicted octanol–water partition coefficient (Wildman–Crippen LogP) is 1.79. The van der Waals surface area contributed by atoms with E-state index in [4.69, 9.17) is 10.8 Å². The maximum absolute atomic E-state index is 9.04. The van der Waals surface area contributed by atoms with E-state index in [2.05, 4.69) is 27.9 Å². The first-order valence-electron chi connectivity index (χ1n) is 6.57. The molecule has 102 valence electrons. The standard InChI is InChI=1S/C13H18N4OS/c1-8-6-10-11(15-13(14)16-12(10)19-8)17-4-2-9(7-17)3-5-18/h6,9,18H,2-5,7H2,1H3,(H2,14,15,16). The second kappa shape index (κ2) is 4.94. The molecular formula is C13H18N4OS. The molecule has 2 aromatic heterocycles. The Hall–Kier alpha value is -1.40. The van der Waals surface area contributed by atoms with Crippen molar-refractivity contribution in [3.63, 3.8) is 0 Å². The highest BCUT2D eigenvalue weighted by molar-refractivity contribution is 7.18. The number of aliphatic hydroxyl groups excluding tert-OH is 1. The van der Waals surface area contributed by atoms with Gasteiger partial charge in [0.05, 0.1) is 5.39 Å². The Labute approximate surface area is 116 Å². The maximum atomic E-state index is 9.04. The van der Waals surface area contributed by atoms with Crippen molar-refractivity contribution < 1.29 is 5.11 Å². The summed E-state index contributed by atoms with van der Waals surface area (Å²) in [5.41, 5.74) is 5.81. The zero-order valence-electron chi connectivity index (χ0n) is 11.0. The van der Waals surface area contributed by atoms with Gasteiger partial charge in [-0.2, -0.15) is 4.98 Å². The van der Waals surface area contributed by atoms with Gasteiger partial charge in [-0.1, -0.05) is 0 Å². The number of aryl methyl sites for hydroxylation is 1. The minimum atomic E-state index is 0.261. The molecule has 3 N–H and O–H groups in total. The summed E-state index contributed by atoms with van der Waals surface area (Å²) < 4.78 is 0. The van der Waals surface area contributed by atoms with Gasteiger partial charge < -0.3 is 15.7 Å². The largest absolute Gasteiger partial charge is 0.396 e. The number of aromatic nitrogens is 2. The summed E-state index contributed by atoms with van der Waals surface area (Å²) in [5, 5.41) is 10.1. The molecule has 19 heavy (non-hydrogen) atoms. The first kappa shape index (κ1) is 12.6. The zero-order chi connectivity index (χ0) is 13.4. The molecule has 1 saturated heterocycles. The lowest BCUT2D eigenvalue weighted by molar-refractivity contribution is 0.263. The van der Waals surface area contributed by atoms with Crippen molar-refractivity contribution >= 4 is 33.3 Å². The van der Waals surface area contributed by atoms with Crippen molar-refractivity contribution in [1.82, 2.24) is 9.97 Å². The molecule has 0 saturated carbocycles. The van der Waals surface area contributed by atoms with Crippen LogP contribution in [0.5, 0.6) is 0 Å². The average Bonchev–Trinajstić information content (AvgIpc) is 2.94. The normalized spacial score (nSPS) is 19.5. The minimum absolute atomic E-state index is 0.261. The van der Waals surface area contributed by atoms with Gasteiger partial charge in [-0.05, 0) is 31.7 Å². The number of thiophene rings is 1. The summed E-state index contributed by atoms with van der Waals surface area (Å²) in [5.74, 6) is 1.85. The van der Waals surface area contributed by atoms with E-state index in [1.54, 1.807) is 11.3 Å². The van der Waals surface area contributed by atoms with E-state index in [1.165, 1.54) is 4.88 Å². The molecule has 5 nitrogen and oxygen atoms in total. The van der Waals surface area contributed by atoms with Crippen LogP contribution in [0, 0.1) is 12.8 Å². The van der Waals surface area contributed by atoms with Crippen LogP contribution in [0.4, 0.5) is 11.8 Å². The van der Waals surface area contributed by atoms with Crippen LogP contribution < -0.4 is 10.6 Å². The fourth-order valence-electron chi connectivity index (χ4n) is 2.73. The molecule has 0 amide bonds. The van der Waals surface area contributed by atoms with Crippen LogP contribution in [0.2, 0.25) is 0 Å². The molecule has 1 unspecified atom stereocenters. The SMILES string of the molecule is Cc1cc2c(N3CCC(CCO)C3)nc(N)nc2s1. The monoisotopic (exact) mass is 278 g/mol. The van der Waals surface area contributed by atoms with Gasteiger partial charge in [-0.3, -0.25) is 0 Å². The van der Waals surface area contributed by atoms with Crippen molar-refractivity contribution in [2.45, 2.75) is 19.8 Å². The van der Waals surface area contributed by atoms with Gasteiger partial charge in [0.2, 0.25) is 5.95 Å². The fourth-order valence-corrected chi connectivity index (χ4v) is 3.61. The maximum Gasteiger partial charge on any atom is 0.223 e. The molecule has 0 aliphatic carbocycles. The third-order valence-corrected chi connectivity index (χ3v) is 4.58. The number of aliphatic hydroxyl groups is 1. The van der Waals surface area contributed by atoms with Gasteiger partial charge in [0.25, 0.3) is 0 Å². The number of nitrogen functional groups attached to an aromatic ring is 1. The Morgan fingerprint density at radius 1 is 1.53 bits per heavy atom. The summed E-state index contributed by atoms with van der Waals surface area (Å²) in [4.78, 5) is 13.2. The number of hydrogen-bond acceptors (Lipinski definition) is 6. The van der Waals surface area contributed by atoms with Crippen LogP contribution in [-0.2, 0) is 0 Å². The number of nitrogens with zero attached hydrogens (tertiary/aromatic N) is 3. The lowest BCUT2D eigenvalue weighted by Crippen LogP contribution is -2.21. The van der Waals surface area contributed by atoms with Crippen molar-refractivity contribution in [3.8, 4) is 0 Å². The lowest BCUT2D eigenvalue weighted by Gasteiger charge is -2.18.